The summed E-state index contributed by atoms with van der Waals surface area (Å²) >= 11 is 0. The molecular weight excluding hydrogens is 256 g/mol. The molecule has 1 aromatic carbocycles. The van der Waals surface area contributed by atoms with Crippen molar-refractivity contribution in [2.24, 2.45) is 0 Å². The van der Waals surface area contributed by atoms with E-state index in [2.05, 4.69) is 26.7 Å². The van der Waals surface area contributed by atoms with Gasteiger partial charge >= 0.3 is 0 Å². The van der Waals surface area contributed by atoms with E-state index >= 15 is 0 Å². The molecule has 0 unspecified atom stereocenters. The summed E-state index contributed by atoms with van der Waals surface area (Å²) in [5.41, 5.74) is 2.01. The molecule has 0 spiro atoms. The molecule has 0 saturated heterocycles. The zero-order valence-electron chi connectivity index (χ0n) is 10.6. The van der Waals surface area contributed by atoms with Crippen molar-refractivity contribution >= 4 is 17.3 Å². The van der Waals surface area contributed by atoms with Gasteiger partial charge in [-0.05, 0) is 30.3 Å². The van der Waals surface area contributed by atoms with Crippen LogP contribution in [-0.2, 0) is 0 Å². The van der Waals surface area contributed by atoms with E-state index in [1.54, 1.807) is 48.0 Å². The summed E-state index contributed by atoms with van der Waals surface area (Å²) in [6.45, 7) is 0. The van der Waals surface area contributed by atoms with Gasteiger partial charge in [0.05, 0.1) is 18.7 Å². The highest BCUT2D eigenvalue weighted by Gasteiger charge is 2.08. The van der Waals surface area contributed by atoms with E-state index in [9.17, 15) is 0 Å². The van der Waals surface area contributed by atoms with Crippen LogP contribution in [0.15, 0.2) is 36.4 Å². The Morgan fingerprint density at radius 3 is 2.65 bits per heavy atom. The Morgan fingerprint density at radius 2 is 1.95 bits per heavy atom. The predicted octanol–water partition coefficient (Wildman–Crippen LogP) is 1.75. The van der Waals surface area contributed by atoms with E-state index in [-0.39, 0.29) is 0 Å². The van der Waals surface area contributed by atoms with Crippen molar-refractivity contribution in [3.63, 3.8) is 0 Å². The fraction of sp³-hybridized carbons (Fsp3) is 0.0769. The van der Waals surface area contributed by atoms with Crippen LogP contribution in [0.25, 0.3) is 5.65 Å². The highest BCUT2D eigenvalue weighted by Crippen LogP contribution is 2.17. The molecule has 2 heterocycles. The molecule has 3 aromatic rings. The van der Waals surface area contributed by atoms with Crippen LogP contribution < -0.4 is 10.1 Å². The molecule has 3 rings (SSSR count). The Bertz CT molecular complexity index is 787. The number of nitrogens with zero attached hydrogens (tertiary/aromatic N) is 5. The SMILES string of the molecule is COc1ccc2nnc(Nc3ccc(C#N)cc3)n2n1. The molecule has 0 bridgehead atoms. The second kappa shape index (κ2) is 4.85. The van der Waals surface area contributed by atoms with Crippen molar-refractivity contribution in [1.29, 1.82) is 5.26 Å². The zero-order valence-corrected chi connectivity index (χ0v) is 10.6. The maximum Gasteiger partial charge on any atom is 0.250 e. The molecule has 1 N–H and O–H groups in total. The van der Waals surface area contributed by atoms with Crippen LogP contribution in [0.3, 0.4) is 0 Å². The van der Waals surface area contributed by atoms with Gasteiger partial charge in [-0.15, -0.1) is 15.3 Å². The van der Waals surface area contributed by atoms with E-state index < -0.39 is 0 Å². The first-order valence-corrected chi connectivity index (χ1v) is 5.84. The van der Waals surface area contributed by atoms with Gasteiger partial charge in [-0.1, -0.05) is 0 Å². The number of ether oxygens (including phenoxy) is 1. The van der Waals surface area contributed by atoms with E-state index in [4.69, 9.17) is 10.00 Å². The highest BCUT2D eigenvalue weighted by atomic mass is 16.5. The minimum Gasteiger partial charge on any atom is -0.480 e. The smallest absolute Gasteiger partial charge is 0.250 e. The third kappa shape index (κ3) is 2.10. The van der Waals surface area contributed by atoms with Gasteiger partial charge in [-0.3, -0.25) is 0 Å². The summed E-state index contributed by atoms with van der Waals surface area (Å²) in [6, 6.07) is 12.6. The quantitative estimate of drug-likeness (QED) is 0.777. The number of hydrogen-bond acceptors (Lipinski definition) is 6. The largest absolute Gasteiger partial charge is 0.480 e. The van der Waals surface area contributed by atoms with Crippen LogP contribution >= 0.6 is 0 Å². The molecule has 20 heavy (non-hydrogen) atoms. The van der Waals surface area contributed by atoms with Gasteiger partial charge < -0.3 is 10.1 Å². The van der Waals surface area contributed by atoms with Gasteiger partial charge in [0.15, 0.2) is 5.65 Å². The number of hydrogen-bond donors (Lipinski definition) is 1. The van der Waals surface area contributed by atoms with Gasteiger partial charge in [0, 0.05) is 11.8 Å². The summed E-state index contributed by atoms with van der Waals surface area (Å²) < 4.78 is 6.63. The Balaban J connectivity index is 1.95. The first kappa shape index (κ1) is 11.9. The molecule has 98 valence electrons. The monoisotopic (exact) mass is 266 g/mol. The van der Waals surface area contributed by atoms with Crippen molar-refractivity contribution < 1.29 is 4.74 Å². The van der Waals surface area contributed by atoms with Crippen LogP contribution in [-0.4, -0.2) is 26.9 Å². The minimum absolute atomic E-state index is 0.472. The molecule has 0 aliphatic heterocycles. The number of nitrogens with one attached hydrogen (secondary N) is 1. The normalized spacial score (nSPS) is 10.2. The topological polar surface area (TPSA) is 88.1 Å². The standard InChI is InChI=1S/C13H10N6O/c1-20-12-7-6-11-16-17-13(19(11)18-12)15-10-4-2-9(8-14)3-5-10/h2-7H,1H3,(H,15,17). The summed E-state index contributed by atoms with van der Waals surface area (Å²) in [7, 11) is 1.55. The molecule has 0 fully saturated rings. The van der Waals surface area contributed by atoms with Crippen LogP contribution in [0, 0.1) is 11.3 Å². The highest BCUT2D eigenvalue weighted by molar-refractivity contribution is 5.57. The van der Waals surface area contributed by atoms with Crippen molar-refractivity contribution in [2.45, 2.75) is 0 Å². The number of methoxy groups -OCH3 is 1. The lowest BCUT2D eigenvalue weighted by Gasteiger charge is -2.04. The fourth-order valence-corrected chi connectivity index (χ4v) is 1.72. The third-order valence-electron chi connectivity index (χ3n) is 2.72. The van der Waals surface area contributed by atoms with Crippen LogP contribution in [0.1, 0.15) is 5.56 Å². The van der Waals surface area contributed by atoms with E-state index in [1.807, 2.05) is 0 Å². The molecule has 0 aliphatic rings. The molecule has 7 nitrogen and oxygen atoms in total. The summed E-state index contributed by atoms with van der Waals surface area (Å²) in [5.74, 6) is 0.948. The number of aromatic nitrogens is 4. The summed E-state index contributed by atoms with van der Waals surface area (Å²) in [6.07, 6.45) is 0. The number of benzene rings is 1. The van der Waals surface area contributed by atoms with Crippen LogP contribution in [0.4, 0.5) is 11.6 Å². The Morgan fingerprint density at radius 1 is 1.15 bits per heavy atom. The lowest BCUT2D eigenvalue weighted by Crippen LogP contribution is -2.01. The lowest BCUT2D eigenvalue weighted by molar-refractivity contribution is 0.390. The van der Waals surface area contributed by atoms with Gasteiger partial charge in [-0.25, -0.2) is 0 Å². The Kier molecular flexibility index (Phi) is 2.89. The first-order chi connectivity index (χ1) is 9.80. The molecule has 2 aromatic heterocycles. The van der Waals surface area contributed by atoms with Gasteiger partial charge in [0.25, 0.3) is 5.95 Å². The summed E-state index contributed by atoms with van der Waals surface area (Å²) in [4.78, 5) is 0. The fourth-order valence-electron chi connectivity index (χ4n) is 1.72. The number of nitriles is 1. The van der Waals surface area contributed by atoms with Crippen molar-refractivity contribution in [2.75, 3.05) is 12.4 Å². The maximum absolute atomic E-state index is 8.76. The van der Waals surface area contributed by atoms with Crippen molar-refractivity contribution in [3.05, 3.63) is 42.0 Å². The second-order valence-corrected chi connectivity index (χ2v) is 3.98. The van der Waals surface area contributed by atoms with Gasteiger partial charge in [0.1, 0.15) is 0 Å². The first-order valence-electron chi connectivity index (χ1n) is 5.84. The molecule has 7 heteroatoms. The lowest BCUT2D eigenvalue weighted by atomic mass is 10.2. The molecule has 0 saturated carbocycles. The number of anilines is 2. The number of rotatable bonds is 3. The van der Waals surface area contributed by atoms with Crippen LogP contribution in [0.5, 0.6) is 5.88 Å². The van der Waals surface area contributed by atoms with E-state index in [1.165, 1.54) is 0 Å². The van der Waals surface area contributed by atoms with E-state index in [0.29, 0.717) is 23.0 Å². The zero-order chi connectivity index (χ0) is 13.9. The minimum atomic E-state index is 0.472. The predicted molar refractivity (Wildman–Crippen MR) is 71.8 cm³/mol. The third-order valence-corrected chi connectivity index (χ3v) is 2.72. The van der Waals surface area contributed by atoms with Crippen molar-refractivity contribution in [1.82, 2.24) is 19.8 Å². The van der Waals surface area contributed by atoms with Gasteiger partial charge in [0.2, 0.25) is 5.88 Å². The second-order valence-electron chi connectivity index (χ2n) is 3.98. The Labute approximate surface area is 114 Å². The molecule has 0 amide bonds. The molecule has 0 aliphatic carbocycles. The van der Waals surface area contributed by atoms with Crippen LogP contribution in [0.2, 0.25) is 0 Å². The average molecular weight is 266 g/mol. The molecule has 0 radical (unpaired) electrons. The number of fused-ring (bicyclic) bond motifs is 1. The van der Waals surface area contributed by atoms with Gasteiger partial charge in [-0.2, -0.15) is 9.78 Å². The van der Waals surface area contributed by atoms with Crippen molar-refractivity contribution in [3.8, 4) is 11.9 Å². The average Bonchev–Trinajstić information content (AvgIpc) is 2.90. The van der Waals surface area contributed by atoms with E-state index in [0.717, 1.165) is 5.69 Å². The summed E-state index contributed by atoms with van der Waals surface area (Å²) in [5, 5.41) is 24.1. The molecule has 0 atom stereocenters. The Hall–Kier alpha value is -3.14. The maximum atomic E-state index is 8.76. The molecular formula is C13H10N6O.